The van der Waals surface area contributed by atoms with Gasteiger partial charge in [-0.2, -0.15) is 0 Å². The van der Waals surface area contributed by atoms with E-state index in [1.54, 1.807) is 6.92 Å². The van der Waals surface area contributed by atoms with Gasteiger partial charge in [0.2, 0.25) is 0 Å². The Bertz CT molecular complexity index is 644. The zero-order chi connectivity index (χ0) is 14.1. The predicted octanol–water partition coefficient (Wildman–Crippen LogP) is 3.17. The van der Waals surface area contributed by atoms with Gasteiger partial charge in [-0.3, -0.25) is 4.79 Å². The summed E-state index contributed by atoms with van der Waals surface area (Å²) < 4.78 is 5.97. The summed E-state index contributed by atoms with van der Waals surface area (Å²) in [5.41, 5.74) is 0.744. The number of carbonyl (C=O) groups excluding carboxylic acids is 1. The van der Waals surface area contributed by atoms with E-state index in [2.05, 4.69) is 5.32 Å². The van der Waals surface area contributed by atoms with Crippen molar-refractivity contribution in [3.8, 4) is 5.75 Å². The van der Waals surface area contributed by atoms with E-state index in [0.29, 0.717) is 12.1 Å². The molecular weight excluding hydrogens is 250 g/mol. The summed E-state index contributed by atoms with van der Waals surface area (Å²) in [5.74, 6) is 0.979. The lowest BCUT2D eigenvalue weighted by molar-refractivity contribution is 0.0886. The normalized spacial score (nSPS) is 21.5. The first kappa shape index (κ1) is 13.1. The molecule has 0 radical (unpaired) electrons. The molecule has 1 saturated carbocycles. The highest BCUT2D eigenvalue weighted by Crippen LogP contribution is 2.28. The fourth-order valence-electron chi connectivity index (χ4n) is 2.61. The Morgan fingerprint density at radius 3 is 2.60 bits per heavy atom. The number of Topliss-reactive ketones (excluding diaryl/α,β-unsaturated/α-hetero) is 1. The average molecular weight is 269 g/mol. The van der Waals surface area contributed by atoms with Gasteiger partial charge in [0.05, 0.1) is 0 Å². The van der Waals surface area contributed by atoms with Gasteiger partial charge in [0, 0.05) is 11.6 Å². The molecule has 2 aromatic rings. The second kappa shape index (κ2) is 5.25. The van der Waals surface area contributed by atoms with Crippen LogP contribution in [-0.4, -0.2) is 25.0 Å². The topological polar surface area (TPSA) is 38.3 Å². The molecule has 2 aromatic carbocycles. The number of ether oxygens (including phenoxy) is 1. The molecule has 0 amide bonds. The van der Waals surface area contributed by atoms with Crippen LogP contribution in [0, 0.1) is 0 Å². The third kappa shape index (κ3) is 2.54. The van der Waals surface area contributed by atoms with Crippen LogP contribution in [0.3, 0.4) is 0 Å². The quantitative estimate of drug-likeness (QED) is 0.866. The van der Waals surface area contributed by atoms with Crippen LogP contribution in [0.25, 0.3) is 10.8 Å². The number of nitrogens with one attached hydrogen (secondary N) is 1. The van der Waals surface area contributed by atoms with Crippen LogP contribution in [0.2, 0.25) is 0 Å². The summed E-state index contributed by atoms with van der Waals surface area (Å²) in [6, 6.07) is 12.4. The van der Waals surface area contributed by atoms with Gasteiger partial charge in [0.15, 0.2) is 5.78 Å². The molecule has 1 aliphatic carbocycles. The molecule has 1 fully saturated rings. The zero-order valence-electron chi connectivity index (χ0n) is 11.8. The van der Waals surface area contributed by atoms with Gasteiger partial charge in [0.25, 0.3) is 0 Å². The fourth-order valence-corrected chi connectivity index (χ4v) is 2.61. The molecule has 3 rings (SSSR count). The molecule has 0 bridgehead atoms. The molecule has 0 saturated heterocycles. The van der Waals surface area contributed by atoms with Crippen molar-refractivity contribution in [3.63, 3.8) is 0 Å². The molecular formula is C17H19NO2. The Hall–Kier alpha value is -1.87. The Morgan fingerprint density at radius 2 is 1.90 bits per heavy atom. The first-order valence-electron chi connectivity index (χ1n) is 7.04. The first-order chi connectivity index (χ1) is 9.65. The number of hydrogen-bond acceptors (Lipinski definition) is 3. The Morgan fingerprint density at radius 1 is 1.15 bits per heavy atom. The van der Waals surface area contributed by atoms with Crippen LogP contribution in [0.4, 0.5) is 0 Å². The number of rotatable bonds is 4. The smallest absolute Gasteiger partial charge is 0.159 e. The number of ketones is 1. The summed E-state index contributed by atoms with van der Waals surface area (Å²) in [7, 11) is 1.99. The first-order valence-corrected chi connectivity index (χ1v) is 7.04. The van der Waals surface area contributed by atoms with Crippen LogP contribution >= 0.6 is 0 Å². The molecule has 3 heteroatoms. The maximum atomic E-state index is 11.4. The van der Waals surface area contributed by atoms with Gasteiger partial charge in [0.1, 0.15) is 11.9 Å². The molecule has 0 spiro atoms. The molecule has 0 aliphatic heterocycles. The van der Waals surface area contributed by atoms with Gasteiger partial charge in [-0.15, -0.1) is 0 Å². The lowest BCUT2D eigenvalue weighted by atomic mass is 9.89. The van der Waals surface area contributed by atoms with E-state index in [4.69, 9.17) is 4.74 Å². The van der Waals surface area contributed by atoms with E-state index in [1.807, 2.05) is 43.4 Å². The highest BCUT2D eigenvalue weighted by atomic mass is 16.5. The van der Waals surface area contributed by atoms with Crippen molar-refractivity contribution in [1.29, 1.82) is 0 Å². The largest absolute Gasteiger partial charge is 0.490 e. The van der Waals surface area contributed by atoms with Crippen molar-refractivity contribution in [1.82, 2.24) is 5.32 Å². The molecule has 0 aromatic heterocycles. The van der Waals surface area contributed by atoms with Crippen molar-refractivity contribution in [2.24, 2.45) is 0 Å². The number of carbonyl (C=O) groups is 1. The second-order valence-electron chi connectivity index (χ2n) is 5.48. The summed E-state index contributed by atoms with van der Waals surface area (Å²) in [6.07, 6.45) is 2.42. The van der Waals surface area contributed by atoms with Crippen LogP contribution in [0.15, 0.2) is 36.4 Å². The van der Waals surface area contributed by atoms with Crippen LogP contribution in [-0.2, 0) is 0 Å². The van der Waals surface area contributed by atoms with Gasteiger partial charge < -0.3 is 10.1 Å². The monoisotopic (exact) mass is 269 g/mol. The molecule has 1 aliphatic rings. The van der Waals surface area contributed by atoms with Crippen LogP contribution < -0.4 is 10.1 Å². The van der Waals surface area contributed by atoms with Crippen molar-refractivity contribution >= 4 is 16.6 Å². The number of fused-ring (bicyclic) bond motifs is 1. The maximum absolute atomic E-state index is 11.4. The van der Waals surface area contributed by atoms with Crippen molar-refractivity contribution in [2.75, 3.05) is 7.05 Å². The zero-order valence-corrected chi connectivity index (χ0v) is 11.8. The predicted molar refractivity (Wildman–Crippen MR) is 80.5 cm³/mol. The summed E-state index contributed by atoms with van der Waals surface area (Å²) >= 11 is 0. The van der Waals surface area contributed by atoms with E-state index in [-0.39, 0.29) is 5.78 Å². The minimum absolute atomic E-state index is 0.0917. The lowest BCUT2D eigenvalue weighted by Crippen LogP contribution is -2.45. The summed E-state index contributed by atoms with van der Waals surface area (Å²) in [6.45, 7) is 1.59. The van der Waals surface area contributed by atoms with E-state index >= 15 is 0 Å². The summed E-state index contributed by atoms with van der Waals surface area (Å²) in [5, 5.41) is 5.43. The van der Waals surface area contributed by atoms with Crippen molar-refractivity contribution in [2.45, 2.75) is 31.9 Å². The minimum Gasteiger partial charge on any atom is -0.490 e. The number of hydrogen-bond donors (Lipinski definition) is 1. The minimum atomic E-state index is 0.0917. The van der Waals surface area contributed by atoms with Crippen LogP contribution in [0.1, 0.15) is 30.1 Å². The Labute approximate surface area is 118 Å². The van der Waals surface area contributed by atoms with Gasteiger partial charge in [-0.25, -0.2) is 0 Å². The SMILES string of the molecule is CNC1CC(Oc2ccc3ccc(C(C)=O)cc3c2)C1. The average Bonchev–Trinajstić information content (AvgIpc) is 2.41. The summed E-state index contributed by atoms with van der Waals surface area (Å²) in [4.78, 5) is 11.4. The standard InChI is InChI=1S/C17H19NO2/c1-11(19)13-4-3-12-5-6-16(8-14(12)7-13)20-17-9-15(10-17)18-2/h3-8,15,17-18H,9-10H2,1-2H3. The van der Waals surface area contributed by atoms with Gasteiger partial charge >= 0.3 is 0 Å². The van der Waals surface area contributed by atoms with E-state index in [9.17, 15) is 4.79 Å². The van der Waals surface area contributed by atoms with E-state index < -0.39 is 0 Å². The van der Waals surface area contributed by atoms with Gasteiger partial charge in [-0.1, -0.05) is 18.2 Å². The Balaban J connectivity index is 1.80. The molecule has 3 nitrogen and oxygen atoms in total. The highest BCUT2D eigenvalue weighted by molar-refractivity contribution is 5.98. The Kier molecular flexibility index (Phi) is 3.45. The maximum Gasteiger partial charge on any atom is 0.159 e. The highest BCUT2D eigenvalue weighted by Gasteiger charge is 2.29. The van der Waals surface area contributed by atoms with Crippen LogP contribution in [0.5, 0.6) is 5.75 Å². The molecule has 0 heterocycles. The second-order valence-corrected chi connectivity index (χ2v) is 5.48. The van der Waals surface area contributed by atoms with Crippen molar-refractivity contribution in [3.05, 3.63) is 42.0 Å². The molecule has 104 valence electrons. The number of benzene rings is 2. The van der Waals surface area contributed by atoms with E-state index in [0.717, 1.165) is 34.9 Å². The third-order valence-electron chi connectivity index (χ3n) is 4.02. The third-order valence-corrected chi connectivity index (χ3v) is 4.02. The van der Waals surface area contributed by atoms with Gasteiger partial charge in [-0.05, 0) is 55.8 Å². The lowest BCUT2D eigenvalue weighted by Gasteiger charge is -2.35. The van der Waals surface area contributed by atoms with Crippen molar-refractivity contribution < 1.29 is 9.53 Å². The fraction of sp³-hybridized carbons (Fsp3) is 0.353. The molecule has 20 heavy (non-hydrogen) atoms. The molecule has 0 atom stereocenters. The van der Waals surface area contributed by atoms with E-state index in [1.165, 1.54) is 0 Å². The molecule has 1 N–H and O–H groups in total. The molecule has 0 unspecified atom stereocenters.